The van der Waals surface area contributed by atoms with Crippen LogP contribution in [0.4, 0.5) is 5.82 Å². The summed E-state index contributed by atoms with van der Waals surface area (Å²) in [5.74, 6) is 0.749. The fraction of sp³-hybridized carbons (Fsp3) is 0.333. The normalized spacial score (nSPS) is 12.4. The Morgan fingerprint density at radius 3 is 2.52 bits per heavy atom. The van der Waals surface area contributed by atoms with E-state index in [1.54, 1.807) is 44.9 Å². The Morgan fingerprint density at radius 1 is 1.18 bits per heavy atom. The number of pyridine rings is 1. The van der Waals surface area contributed by atoms with Crippen molar-refractivity contribution in [1.29, 1.82) is 0 Å². The number of aryl methyl sites for hydroxylation is 2. The number of hydrogen-bond acceptors (Lipinski definition) is 5. The molecule has 0 bridgehead atoms. The molecule has 33 heavy (non-hydrogen) atoms. The zero-order valence-electron chi connectivity index (χ0n) is 19.8. The minimum absolute atomic E-state index is 0.183. The quantitative estimate of drug-likeness (QED) is 0.505. The topological polar surface area (TPSA) is 105 Å². The van der Waals surface area contributed by atoms with Crippen molar-refractivity contribution in [2.24, 2.45) is 0 Å². The van der Waals surface area contributed by atoms with E-state index in [2.05, 4.69) is 14.4 Å². The van der Waals surface area contributed by atoms with Crippen molar-refractivity contribution < 1.29 is 17.6 Å². The number of carbonyl (C=O) groups is 1. The van der Waals surface area contributed by atoms with Crippen molar-refractivity contribution in [1.82, 2.24) is 14.6 Å². The number of benzene rings is 1. The van der Waals surface area contributed by atoms with Gasteiger partial charge in [0.15, 0.2) is 0 Å². The number of hydrogen-bond donors (Lipinski definition) is 2. The van der Waals surface area contributed by atoms with Crippen molar-refractivity contribution in [3.63, 3.8) is 0 Å². The first-order valence-electron chi connectivity index (χ1n) is 10.5. The van der Waals surface area contributed by atoms with E-state index >= 15 is 0 Å². The van der Waals surface area contributed by atoms with Crippen LogP contribution in [0.25, 0.3) is 17.0 Å². The van der Waals surface area contributed by atoms with Gasteiger partial charge in [-0.3, -0.25) is 9.52 Å². The zero-order valence-corrected chi connectivity index (χ0v) is 20.6. The SMILES string of the molecule is Cc1c(CN(C)C(=O)/C=C/c2ccc(NS(=O)(=O)NC(C)(C)C)nc2)oc2c(C)cccc12. The molecule has 2 N–H and O–H groups in total. The van der Waals surface area contributed by atoms with Crippen molar-refractivity contribution in [2.45, 2.75) is 46.7 Å². The number of fused-ring (bicyclic) bond motifs is 1. The second kappa shape index (κ2) is 9.36. The number of amides is 1. The lowest BCUT2D eigenvalue weighted by Crippen LogP contribution is -2.43. The van der Waals surface area contributed by atoms with E-state index < -0.39 is 15.7 Å². The lowest BCUT2D eigenvalue weighted by atomic mass is 10.1. The minimum Gasteiger partial charge on any atom is -0.459 e. The molecule has 0 atom stereocenters. The maximum atomic E-state index is 12.6. The van der Waals surface area contributed by atoms with Gasteiger partial charge >= 0.3 is 10.2 Å². The van der Waals surface area contributed by atoms with Crippen molar-refractivity contribution in [2.75, 3.05) is 11.8 Å². The number of nitrogens with zero attached hydrogens (tertiary/aromatic N) is 2. The Balaban J connectivity index is 1.63. The van der Waals surface area contributed by atoms with Crippen LogP contribution < -0.4 is 9.44 Å². The number of furan rings is 1. The average Bonchev–Trinajstić information content (AvgIpc) is 3.02. The third-order valence-electron chi connectivity index (χ3n) is 4.90. The number of para-hydroxylation sites is 1. The molecule has 0 radical (unpaired) electrons. The molecular formula is C24H30N4O4S. The third-order valence-corrected chi connectivity index (χ3v) is 6.26. The molecule has 2 aromatic heterocycles. The van der Waals surface area contributed by atoms with E-state index in [1.165, 1.54) is 18.3 Å². The monoisotopic (exact) mass is 470 g/mol. The summed E-state index contributed by atoms with van der Waals surface area (Å²) >= 11 is 0. The molecule has 0 aliphatic carbocycles. The molecule has 8 nitrogen and oxygen atoms in total. The van der Waals surface area contributed by atoms with Crippen LogP contribution in [0.15, 0.2) is 47.0 Å². The fourth-order valence-corrected chi connectivity index (χ4v) is 4.56. The lowest BCUT2D eigenvalue weighted by molar-refractivity contribution is -0.125. The molecule has 3 aromatic rings. The van der Waals surface area contributed by atoms with Gasteiger partial charge in [0.2, 0.25) is 5.91 Å². The Morgan fingerprint density at radius 2 is 1.91 bits per heavy atom. The van der Waals surface area contributed by atoms with Crippen LogP contribution in [0.2, 0.25) is 0 Å². The van der Waals surface area contributed by atoms with Crippen LogP contribution in [0.5, 0.6) is 0 Å². The highest BCUT2D eigenvalue weighted by Crippen LogP contribution is 2.28. The predicted octanol–water partition coefficient (Wildman–Crippen LogP) is 4.16. The molecule has 0 aliphatic heterocycles. The smallest absolute Gasteiger partial charge is 0.300 e. The highest BCUT2D eigenvalue weighted by atomic mass is 32.2. The van der Waals surface area contributed by atoms with E-state index in [9.17, 15) is 13.2 Å². The summed E-state index contributed by atoms with van der Waals surface area (Å²) in [5.41, 5.74) is 2.99. The summed E-state index contributed by atoms with van der Waals surface area (Å²) in [6.07, 6.45) is 4.57. The molecule has 0 saturated heterocycles. The standard InChI is InChI=1S/C24H30N4O4S/c1-16-8-7-9-19-17(2)20(32-23(16)19)15-28(6)22(29)13-11-18-10-12-21(25-14-18)26-33(30,31)27-24(3,4)5/h7-14,27H,15H2,1-6H3,(H,25,26)/b13-11+. The van der Waals surface area contributed by atoms with E-state index in [1.807, 2.05) is 32.0 Å². The first-order chi connectivity index (χ1) is 15.3. The molecule has 176 valence electrons. The second-order valence-electron chi connectivity index (χ2n) is 9.06. The van der Waals surface area contributed by atoms with Crippen LogP contribution in [-0.2, 0) is 21.5 Å². The summed E-state index contributed by atoms with van der Waals surface area (Å²) in [5, 5.41) is 1.06. The van der Waals surface area contributed by atoms with Crippen molar-refractivity contribution in [3.05, 3.63) is 65.1 Å². The van der Waals surface area contributed by atoms with Crippen LogP contribution in [-0.4, -0.2) is 36.8 Å². The predicted molar refractivity (Wildman–Crippen MR) is 131 cm³/mol. The van der Waals surface area contributed by atoms with Gasteiger partial charge in [-0.05, 0) is 64.0 Å². The highest BCUT2D eigenvalue weighted by molar-refractivity contribution is 7.90. The molecule has 9 heteroatoms. The Kier molecular flexibility index (Phi) is 6.94. The number of anilines is 1. The van der Waals surface area contributed by atoms with Gasteiger partial charge in [-0.15, -0.1) is 0 Å². The molecule has 1 aromatic carbocycles. The minimum atomic E-state index is -3.74. The third kappa shape index (κ3) is 6.43. The van der Waals surface area contributed by atoms with Gasteiger partial charge in [-0.2, -0.15) is 13.1 Å². The first-order valence-corrected chi connectivity index (χ1v) is 12.0. The van der Waals surface area contributed by atoms with Gasteiger partial charge in [0.25, 0.3) is 0 Å². The summed E-state index contributed by atoms with van der Waals surface area (Å²) < 4.78 is 35.1. The van der Waals surface area contributed by atoms with Gasteiger partial charge in [0, 0.05) is 35.8 Å². The molecule has 0 unspecified atom stereocenters. The van der Waals surface area contributed by atoms with E-state index in [-0.39, 0.29) is 11.7 Å². The number of aromatic nitrogens is 1. The molecular weight excluding hydrogens is 440 g/mol. The fourth-order valence-electron chi connectivity index (χ4n) is 3.30. The highest BCUT2D eigenvalue weighted by Gasteiger charge is 2.20. The van der Waals surface area contributed by atoms with Gasteiger partial charge < -0.3 is 9.32 Å². The zero-order chi connectivity index (χ0) is 24.4. The Labute approximate surface area is 194 Å². The summed E-state index contributed by atoms with van der Waals surface area (Å²) in [7, 11) is -2.03. The van der Waals surface area contributed by atoms with Crippen LogP contribution >= 0.6 is 0 Å². The van der Waals surface area contributed by atoms with Gasteiger partial charge in [0.1, 0.15) is 17.2 Å². The Bertz CT molecular complexity index is 1290. The van der Waals surface area contributed by atoms with Crippen LogP contribution in [0, 0.1) is 13.8 Å². The van der Waals surface area contributed by atoms with Gasteiger partial charge in [-0.1, -0.05) is 18.2 Å². The first kappa shape index (κ1) is 24.5. The summed E-state index contributed by atoms with van der Waals surface area (Å²) in [6, 6.07) is 9.22. The number of rotatable bonds is 7. The molecule has 1 amide bonds. The number of carbonyl (C=O) groups excluding carboxylic acids is 1. The van der Waals surface area contributed by atoms with E-state index in [4.69, 9.17) is 4.42 Å². The lowest BCUT2D eigenvalue weighted by Gasteiger charge is -2.20. The molecule has 0 spiro atoms. The van der Waals surface area contributed by atoms with Crippen LogP contribution in [0.1, 0.15) is 43.2 Å². The van der Waals surface area contributed by atoms with Gasteiger partial charge in [0.05, 0.1) is 6.54 Å². The maximum absolute atomic E-state index is 12.6. The maximum Gasteiger partial charge on any atom is 0.300 e. The molecule has 3 rings (SSSR count). The largest absolute Gasteiger partial charge is 0.459 e. The van der Waals surface area contributed by atoms with E-state index in [0.717, 1.165) is 27.9 Å². The van der Waals surface area contributed by atoms with E-state index in [0.29, 0.717) is 12.1 Å². The Hall–Kier alpha value is -3.17. The number of likely N-dealkylation sites (N-methyl/N-ethyl adjacent to an activating group) is 1. The molecule has 2 heterocycles. The van der Waals surface area contributed by atoms with Crippen molar-refractivity contribution in [3.8, 4) is 0 Å². The van der Waals surface area contributed by atoms with Gasteiger partial charge in [-0.25, -0.2) is 4.98 Å². The summed E-state index contributed by atoms with van der Waals surface area (Å²) in [6.45, 7) is 9.59. The molecule has 0 saturated carbocycles. The summed E-state index contributed by atoms with van der Waals surface area (Å²) in [4.78, 5) is 18.3. The number of nitrogens with one attached hydrogen (secondary N) is 2. The molecule has 0 fully saturated rings. The average molecular weight is 471 g/mol. The molecule has 0 aliphatic rings. The van der Waals surface area contributed by atoms with Crippen molar-refractivity contribution >= 4 is 39.0 Å². The van der Waals surface area contributed by atoms with Crippen LogP contribution in [0.3, 0.4) is 0 Å². The second-order valence-corrected chi connectivity index (χ2v) is 10.5.